The fraction of sp³-hybridized carbons (Fsp3) is 0.133. The van der Waals surface area contributed by atoms with Crippen LogP contribution in [0.1, 0.15) is 16.1 Å². The van der Waals surface area contributed by atoms with E-state index >= 15 is 0 Å². The van der Waals surface area contributed by atoms with Gasteiger partial charge in [0.15, 0.2) is 11.5 Å². The van der Waals surface area contributed by atoms with Gasteiger partial charge in [-0.05, 0) is 24.3 Å². The smallest absolute Gasteiger partial charge is 0.255 e. The van der Waals surface area contributed by atoms with E-state index in [1.165, 1.54) is 12.3 Å². The molecule has 2 heterocycles. The molecule has 3 rings (SSSR count). The van der Waals surface area contributed by atoms with Crippen LogP contribution in [0.5, 0.6) is 11.5 Å². The van der Waals surface area contributed by atoms with Crippen LogP contribution in [0.25, 0.3) is 0 Å². The summed E-state index contributed by atoms with van der Waals surface area (Å²) in [6, 6.07) is 10.1. The molecule has 6 nitrogen and oxygen atoms in total. The van der Waals surface area contributed by atoms with Gasteiger partial charge in [-0.25, -0.2) is 4.98 Å². The first-order chi connectivity index (χ1) is 10.3. The molecule has 0 saturated carbocycles. The van der Waals surface area contributed by atoms with Crippen molar-refractivity contribution in [1.82, 2.24) is 4.98 Å². The molecule has 1 aliphatic rings. The van der Waals surface area contributed by atoms with Gasteiger partial charge in [-0.2, -0.15) is 5.26 Å². The molecule has 0 unspecified atom stereocenters. The van der Waals surface area contributed by atoms with Gasteiger partial charge >= 0.3 is 0 Å². The zero-order valence-electron chi connectivity index (χ0n) is 11.0. The first-order valence-corrected chi connectivity index (χ1v) is 6.33. The SMILES string of the molecule is N#Cc1cc(C(=O)Nc2ccc3c(c2)OCCO3)ccn1. The van der Waals surface area contributed by atoms with Gasteiger partial charge in [0.05, 0.1) is 0 Å². The number of aromatic nitrogens is 1. The molecule has 0 radical (unpaired) electrons. The highest BCUT2D eigenvalue weighted by atomic mass is 16.6. The molecule has 21 heavy (non-hydrogen) atoms. The largest absolute Gasteiger partial charge is 0.486 e. The third kappa shape index (κ3) is 2.77. The highest BCUT2D eigenvalue weighted by Crippen LogP contribution is 2.32. The number of fused-ring (bicyclic) bond motifs is 1. The summed E-state index contributed by atoms with van der Waals surface area (Å²) in [5.41, 5.74) is 1.17. The maximum Gasteiger partial charge on any atom is 0.255 e. The lowest BCUT2D eigenvalue weighted by Crippen LogP contribution is -2.16. The number of hydrogen-bond acceptors (Lipinski definition) is 5. The molecular weight excluding hydrogens is 270 g/mol. The molecule has 6 heteroatoms. The number of pyridine rings is 1. The summed E-state index contributed by atoms with van der Waals surface area (Å²) < 4.78 is 10.9. The Morgan fingerprint density at radius 1 is 1.19 bits per heavy atom. The minimum atomic E-state index is -0.314. The van der Waals surface area contributed by atoms with E-state index < -0.39 is 0 Å². The lowest BCUT2D eigenvalue weighted by Gasteiger charge is -2.19. The number of amides is 1. The quantitative estimate of drug-likeness (QED) is 0.909. The molecule has 1 amide bonds. The van der Waals surface area contributed by atoms with E-state index in [0.717, 1.165) is 0 Å². The lowest BCUT2D eigenvalue weighted by atomic mass is 10.2. The molecule has 0 saturated heterocycles. The molecule has 1 N–H and O–H groups in total. The Hall–Kier alpha value is -3.07. The predicted octanol–water partition coefficient (Wildman–Crippen LogP) is 1.98. The Labute approximate surface area is 120 Å². The standard InChI is InChI=1S/C15H11N3O3/c16-9-12-7-10(3-4-17-12)15(19)18-11-1-2-13-14(8-11)21-6-5-20-13/h1-4,7-8H,5-6H2,(H,18,19). The second kappa shape index (κ2) is 5.51. The molecule has 0 fully saturated rings. The number of anilines is 1. The zero-order chi connectivity index (χ0) is 14.7. The Morgan fingerprint density at radius 2 is 2.00 bits per heavy atom. The third-order valence-corrected chi connectivity index (χ3v) is 2.94. The number of benzene rings is 1. The Morgan fingerprint density at radius 3 is 2.81 bits per heavy atom. The van der Waals surface area contributed by atoms with E-state index in [4.69, 9.17) is 14.7 Å². The van der Waals surface area contributed by atoms with Crippen molar-refractivity contribution in [2.24, 2.45) is 0 Å². The van der Waals surface area contributed by atoms with E-state index in [2.05, 4.69) is 10.3 Å². The van der Waals surface area contributed by atoms with E-state index in [9.17, 15) is 4.79 Å². The minimum Gasteiger partial charge on any atom is -0.486 e. The molecular formula is C15H11N3O3. The number of nitrogens with one attached hydrogen (secondary N) is 1. The number of rotatable bonds is 2. The van der Waals surface area contributed by atoms with Crippen LogP contribution in [-0.4, -0.2) is 24.1 Å². The van der Waals surface area contributed by atoms with E-state index in [1.54, 1.807) is 24.3 Å². The highest BCUT2D eigenvalue weighted by Gasteiger charge is 2.13. The van der Waals surface area contributed by atoms with Crippen LogP contribution >= 0.6 is 0 Å². The summed E-state index contributed by atoms with van der Waals surface area (Å²) in [4.78, 5) is 16.0. The second-order valence-corrected chi connectivity index (χ2v) is 4.35. The topological polar surface area (TPSA) is 84.2 Å². The summed E-state index contributed by atoms with van der Waals surface area (Å²) in [7, 11) is 0. The van der Waals surface area contributed by atoms with Crippen LogP contribution in [0.4, 0.5) is 5.69 Å². The van der Waals surface area contributed by atoms with Gasteiger partial charge in [-0.1, -0.05) is 0 Å². The summed E-state index contributed by atoms with van der Waals surface area (Å²) in [6.45, 7) is 1.01. The van der Waals surface area contributed by atoms with E-state index in [1.807, 2.05) is 6.07 Å². The van der Waals surface area contributed by atoms with Crippen LogP contribution in [-0.2, 0) is 0 Å². The van der Waals surface area contributed by atoms with Crippen molar-refractivity contribution in [3.05, 3.63) is 47.8 Å². The Bertz CT molecular complexity index is 737. The average molecular weight is 281 g/mol. The van der Waals surface area contributed by atoms with Crippen LogP contribution in [0.15, 0.2) is 36.5 Å². The van der Waals surface area contributed by atoms with Crippen molar-refractivity contribution in [2.75, 3.05) is 18.5 Å². The molecule has 1 aromatic heterocycles. The molecule has 2 aromatic rings. The van der Waals surface area contributed by atoms with Gasteiger partial charge in [-0.3, -0.25) is 4.79 Å². The molecule has 0 spiro atoms. The molecule has 1 aliphatic heterocycles. The summed E-state index contributed by atoms with van der Waals surface area (Å²) >= 11 is 0. The van der Waals surface area contributed by atoms with Crippen molar-refractivity contribution >= 4 is 11.6 Å². The van der Waals surface area contributed by atoms with Gasteiger partial charge in [0.25, 0.3) is 5.91 Å². The Kier molecular flexibility index (Phi) is 3.39. The number of nitriles is 1. The highest BCUT2D eigenvalue weighted by molar-refractivity contribution is 6.04. The molecule has 104 valence electrons. The fourth-order valence-corrected chi connectivity index (χ4v) is 1.96. The van der Waals surface area contributed by atoms with Gasteiger partial charge in [0.1, 0.15) is 25.0 Å². The van der Waals surface area contributed by atoms with E-state index in [-0.39, 0.29) is 11.6 Å². The van der Waals surface area contributed by atoms with Crippen molar-refractivity contribution < 1.29 is 14.3 Å². The normalized spacial score (nSPS) is 12.3. The number of carbonyl (C=O) groups is 1. The zero-order valence-corrected chi connectivity index (χ0v) is 11.0. The van der Waals surface area contributed by atoms with Gasteiger partial charge < -0.3 is 14.8 Å². The average Bonchev–Trinajstić information content (AvgIpc) is 2.54. The van der Waals surface area contributed by atoms with Crippen LogP contribution in [0.2, 0.25) is 0 Å². The maximum atomic E-state index is 12.1. The number of nitrogens with zero attached hydrogens (tertiary/aromatic N) is 2. The first-order valence-electron chi connectivity index (χ1n) is 6.33. The molecule has 1 aromatic carbocycles. The minimum absolute atomic E-state index is 0.199. The number of carbonyl (C=O) groups excluding carboxylic acids is 1. The lowest BCUT2D eigenvalue weighted by molar-refractivity contribution is 0.102. The monoisotopic (exact) mass is 281 g/mol. The van der Waals surface area contributed by atoms with Crippen molar-refractivity contribution in [1.29, 1.82) is 5.26 Å². The molecule has 0 aliphatic carbocycles. The van der Waals surface area contributed by atoms with Crippen molar-refractivity contribution in [3.63, 3.8) is 0 Å². The summed E-state index contributed by atoms with van der Waals surface area (Å²) in [6.07, 6.45) is 1.43. The van der Waals surface area contributed by atoms with Crippen LogP contribution in [0, 0.1) is 11.3 Å². The van der Waals surface area contributed by atoms with Crippen molar-refractivity contribution in [2.45, 2.75) is 0 Å². The van der Waals surface area contributed by atoms with Crippen molar-refractivity contribution in [3.8, 4) is 17.6 Å². The first kappa shape index (κ1) is 12.9. The van der Waals surface area contributed by atoms with Gasteiger partial charge in [0.2, 0.25) is 0 Å². The maximum absolute atomic E-state index is 12.1. The predicted molar refractivity (Wildman–Crippen MR) is 74.3 cm³/mol. The fourth-order valence-electron chi connectivity index (χ4n) is 1.96. The molecule has 0 bridgehead atoms. The number of ether oxygens (including phenoxy) is 2. The van der Waals surface area contributed by atoms with Gasteiger partial charge in [-0.15, -0.1) is 0 Å². The molecule has 0 atom stereocenters. The van der Waals surface area contributed by atoms with E-state index in [0.29, 0.717) is 36.0 Å². The summed E-state index contributed by atoms with van der Waals surface area (Å²) in [5.74, 6) is 0.951. The number of hydrogen-bond donors (Lipinski definition) is 1. The van der Waals surface area contributed by atoms with Crippen LogP contribution in [0.3, 0.4) is 0 Å². The van der Waals surface area contributed by atoms with Gasteiger partial charge in [0, 0.05) is 23.5 Å². The van der Waals surface area contributed by atoms with Crippen LogP contribution < -0.4 is 14.8 Å². The second-order valence-electron chi connectivity index (χ2n) is 4.35. The third-order valence-electron chi connectivity index (χ3n) is 2.94. The summed E-state index contributed by atoms with van der Waals surface area (Å²) in [5, 5.41) is 11.5. The Balaban J connectivity index is 1.80.